The third-order valence-electron chi connectivity index (χ3n) is 0. The van der Waals surface area contributed by atoms with Crippen molar-refractivity contribution in [2.45, 2.75) is 0 Å². The fraction of sp³-hybridized carbons (Fsp3) is 0. The molecule has 0 aliphatic carbocycles. The van der Waals surface area contributed by atoms with Gasteiger partial charge in [-0.3, -0.25) is 0 Å². The molecule has 0 rings (SSSR count). The third-order valence-corrected chi connectivity index (χ3v) is 0. The summed E-state index contributed by atoms with van der Waals surface area (Å²) in [5.41, 5.74) is 0. The van der Waals surface area contributed by atoms with Crippen LogP contribution in [0.3, 0.4) is 0 Å². The third kappa shape index (κ3) is 51.3. The van der Waals surface area contributed by atoms with E-state index in [2.05, 4.69) is 0 Å². The Morgan fingerprint density at radius 1 is 0.857 bits per heavy atom. The van der Waals surface area contributed by atoms with Crippen LogP contribution in [0.5, 0.6) is 0 Å². The van der Waals surface area contributed by atoms with Crippen molar-refractivity contribution in [2.75, 3.05) is 0 Å². The Labute approximate surface area is 120 Å². The van der Waals surface area contributed by atoms with E-state index < -0.39 is 7.25 Å². The van der Waals surface area contributed by atoms with Gasteiger partial charge < -0.3 is 17.3 Å². The Kier molecular flexibility index (Phi) is 16.3. The van der Waals surface area contributed by atoms with Crippen LogP contribution in [0.1, 0.15) is 0 Å². The molecule has 0 radical (unpaired) electrons. The first kappa shape index (κ1) is 16.4. The molecule has 0 unspecified atom stereocenters. The van der Waals surface area contributed by atoms with E-state index in [0.29, 0.717) is 0 Å². The van der Waals surface area contributed by atoms with Crippen LogP contribution in [0, 0.1) is 0 Å². The molecule has 0 aliphatic rings. The van der Waals surface area contributed by atoms with E-state index >= 15 is 0 Å². The van der Waals surface area contributed by atoms with Crippen LogP contribution >= 0.6 is 0 Å². The quantitative estimate of drug-likeness (QED) is 0.416. The van der Waals surface area contributed by atoms with Crippen LogP contribution in [0.2, 0.25) is 0 Å². The topological polar surface area (TPSA) is 0 Å². The maximum absolute atomic E-state index is 9.75. The monoisotopic (exact) mass is 245 g/mol. The first-order valence-corrected chi connectivity index (χ1v) is 0.873. The molecule has 0 aromatic rings. The second-order valence-corrected chi connectivity index (χ2v) is 0.495. The molecule has 0 spiro atoms. The van der Waals surface area contributed by atoms with Crippen molar-refractivity contribution >= 4 is 106 Å². The summed E-state index contributed by atoms with van der Waals surface area (Å²) in [6.45, 7) is 0. The average molecular weight is 245 g/mol. The van der Waals surface area contributed by atoms with Crippen LogP contribution in [-0.4, -0.2) is 106 Å². The molecule has 0 aromatic heterocycles. The summed E-state index contributed by atoms with van der Waals surface area (Å²) >= 11 is 0. The predicted octanol–water partition coefficient (Wildman–Crippen LogP) is 0.00300. The summed E-state index contributed by atoms with van der Waals surface area (Å²) in [6.07, 6.45) is 0. The van der Waals surface area contributed by atoms with E-state index in [4.69, 9.17) is 0 Å². The molecule has 0 nitrogen and oxygen atoms in total. The molecule has 0 amide bonds. The Hall–Kier alpha value is 2.84. The van der Waals surface area contributed by atoms with Gasteiger partial charge in [-0.2, -0.15) is 0 Å². The summed E-state index contributed by atoms with van der Waals surface area (Å²) in [4.78, 5) is 0. The molecule has 0 aliphatic heterocycles. The molecule has 36 valence electrons. The molecule has 0 atom stereocenters. The van der Waals surface area contributed by atoms with E-state index in [1.807, 2.05) is 0 Å². The minimum absolute atomic E-state index is 0. The van der Waals surface area contributed by atoms with Crippen LogP contribution in [0.4, 0.5) is 17.3 Å². The van der Waals surface area contributed by atoms with Crippen molar-refractivity contribution in [1.29, 1.82) is 0 Å². The standard InChI is InChI=1S/BF4.Cs.Na.2H/c2-1(3,4)5;;;;/q-1;;;;. The molecular weight excluding hydrogens is 243 g/mol. The summed E-state index contributed by atoms with van der Waals surface area (Å²) < 4.78 is 39.0. The predicted molar refractivity (Wildman–Crippen MR) is 24.5 cm³/mol. The first-order valence-electron chi connectivity index (χ1n) is 0.873. The van der Waals surface area contributed by atoms with Gasteiger partial charge in [-0.1, -0.05) is 0 Å². The molecule has 0 saturated heterocycles. The fourth-order valence-electron chi connectivity index (χ4n) is 0. The molecule has 0 saturated carbocycles. The van der Waals surface area contributed by atoms with Gasteiger partial charge in [0.1, 0.15) is 0 Å². The van der Waals surface area contributed by atoms with E-state index in [-0.39, 0.29) is 98.5 Å². The Morgan fingerprint density at radius 2 is 0.857 bits per heavy atom. The van der Waals surface area contributed by atoms with Gasteiger partial charge in [-0.15, -0.1) is 0 Å². The van der Waals surface area contributed by atoms with Gasteiger partial charge in [0.2, 0.25) is 0 Å². The molecule has 7 heavy (non-hydrogen) atoms. The van der Waals surface area contributed by atoms with Crippen LogP contribution < -0.4 is 0 Å². The molecule has 7 heteroatoms. The summed E-state index contributed by atoms with van der Waals surface area (Å²) in [6, 6.07) is 0. The van der Waals surface area contributed by atoms with Crippen molar-refractivity contribution in [3.63, 3.8) is 0 Å². The summed E-state index contributed by atoms with van der Waals surface area (Å²) in [5, 5.41) is 0. The van der Waals surface area contributed by atoms with E-state index in [1.54, 1.807) is 0 Å². The SMILES string of the molecule is F[B-](F)(F)F.[CsH].[NaH]. The van der Waals surface area contributed by atoms with Gasteiger partial charge in [-0.25, -0.2) is 0 Å². The zero-order valence-corrected chi connectivity index (χ0v) is 2.09. The number of hydrogen-bond acceptors (Lipinski definition) is 0. The fourth-order valence-corrected chi connectivity index (χ4v) is 0. The minimum atomic E-state index is -6.00. The molecule has 0 aromatic carbocycles. The van der Waals surface area contributed by atoms with Crippen molar-refractivity contribution in [3.05, 3.63) is 0 Å². The molecular formula is H2BCsF4Na-. The first-order chi connectivity index (χ1) is 2.00. The second-order valence-electron chi connectivity index (χ2n) is 0.495. The van der Waals surface area contributed by atoms with Crippen molar-refractivity contribution in [1.82, 2.24) is 0 Å². The van der Waals surface area contributed by atoms with Crippen molar-refractivity contribution < 1.29 is 17.3 Å². The Balaban J connectivity index is -0.0000000800. The summed E-state index contributed by atoms with van der Waals surface area (Å²) in [5.74, 6) is 0. The van der Waals surface area contributed by atoms with E-state index in [9.17, 15) is 17.3 Å². The second kappa shape index (κ2) is 6.95. The van der Waals surface area contributed by atoms with Gasteiger partial charge in [0.25, 0.3) is 0 Å². The van der Waals surface area contributed by atoms with Gasteiger partial charge in [0.05, 0.1) is 0 Å². The van der Waals surface area contributed by atoms with Gasteiger partial charge >= 0.3 is 106 Å². The average Bonchev–Trinajstić information content (AvgIpc) is 0.722. The zero-order valence-electron chi connectivity index (χ0n) is 2.09. The normalized spacial score (nSPS) is 8.57. The maximum atomic E-state index is 9.75. The van der Waals surface area contributed by atoms with Gasteiger partial charge in [0, 0.05) is 0 Å². The van der Waals surface area contributed by atoms with Crippen LogP contribution in [0.25, 0.3) is 0 Å². The Morgan fingerprint density at radius 3 is 0.857 bits per heavy atom. The van der Waals surface area contributed by atoms with Gasteiger partial charge in [0.15, 0.2) is 0 Å². The Bertz CT molecular complexity index is 27.2. The number of rotatable bonds is 0. The van der Waals surface area contributed by atoms with Gasteiger partial charge in [-0.05, 0) is 0 Å². The van der Waals surface area contributed by atoms with Crippen molar-refractivity contribution in [3.8, 4) is 0 Å². The molecule has 0 bridgehead atoms. The number of hydrogen-bond donors (Lipinski definition) is 0. The molecule has 0 N–H and O–H groups in total. The van der Waals surface area contributed by atoms with E-state index in [1.165, 1.54) is 0 Å². The number of halogens is 4. The van der Waals surface area contributed by atoms with Crippen molar-refractivity contribution in [2.24, 2.45) is 0 Å². The molecule has 0 fully saturated rings. The van der Waals surface area contributed by atoms with Crippen LogP contribution in [0.15, 0.2) is 0 Å². The van der Waals surface area contributed by atoms with Crippen LogP contribution in [-0.2, 0) is 0 Å². The van der Waals surface area contributed by atoms with E-state index in [0.717, 1.165) is 0 Å². The molecule has 0 heterocycles. The summed E-state index contributed by atoms with van der Waals surface area (Å²) in [7, 11) is -6.00. The zero-order chi connectivity index (χ0) is 4.50.